The summed E-state index contributed by atoms with van der Waals surface area (Å²) in [6, 6.07) is 13.2. The van der Waals surface area contributed by atoms with Crippen LogP contribution in [0.15, 0.2) is 47.6 Å². The summed E-state index contributed by atoms with van der Waals surface area (Å²) in [4.78, 5) is 19.6. The fourth-order valence-corrected chi connectivity index (χ4v) is 3.55. The summed E-state index contributed by atoms with van der Waals surface area (Å²) < 4.78 is 0. The highest BCUT2D eigenvalue weighted by Crippen LogP contribution is 2.28. The summed E-state index contributed by atoms with van der Waals surface area (Å²) in [6.07, 6.45) is 0. The van der Waals surface area contributed by atoms with Crippen molar-refractivity contribution in [2.75, 3.05) is 5.75 Å². The average molecular weight is 380 g/mol. The van der Waals surface area contributed by atoms with Crippen molar-refractivity contribution in [3.05, 3.63) is 58.1 Å². The molecule has 24 heavy (non-hydrogen) atoms. The van der Waals surface area contributed by atoms with Crippen molar-refractivity contribution in [1.29, 1.82) is 0 Å². The van der Waals surface area contributed by atoms with E-state index in [9.17, 15) is 4.79 Å². The molecule has 1 aromatic heterocycles. The van der Waals surface area contributed by atoms with Crippen molar-refractivity contribution < 1.29 is 4.79 Å². The number of hydrogen-bond acceptors (Lipinski definition) is 3. The van der Waals surface area contributed by atoms with E-state index < -0.39 is 0 Å². The fraction of sp³-hybridized carbons (Fsp3) is 0.176. The first-order valence-electron chi connectivity index (χ1n) is 7.35. The van der Waals surface area contributed by atoms with E-state index in [0.717, 1.165) is 11.1 Å². The van der Waals surface area contributed by atoms with Crippen LogP contribution >= 0.6 is 35.0 Å². The highest BCUT2D eigenvalue weighted by Gasteiger charge is 2.12. The Morgan fingerprint density at radius 1 is 1.29 bits per heavy atom. The number of H-pyrrole nitrogens is 1. The van der Waals surface area contributed by atoms with E-state index in [4.69, 9.17) is 23.2 Å². The Morgan fingerprint density at radius 2 is 2.04 bits per heavy atom. The quantitative estimate of drug-likeness (QED) is 0.623. The number of aromatic nitrogens is 2. The maximum Gasteiger partial charge on any atom is 0.230 e. The maximum absolute atomic E-state index is 12.1. The number of nitrogens with one attached hydrogen (secondary N) is 2. The summed E-state index contributed by atoms with van der Waals surface area (Å²) in [6.45, 7) is 1.96. The molecular weight excluding hydrogens is 365 g/mol. The monoisotopic (exact) mass is 379 g/mol. The van der Waals surface area contributed by atoms with Gasteiger partial charge in [0.1, 0.15) is 5.52 Å². The molecule has 0 unspecified atom stereocenters. The van der Waals surface area contributed by atoms with Crippen LogP contribution in [-0.2, 0) is 4.79 Å². The Kier molecular flexibility index (Phi) is 5.33. The third kappa shape index (κ3) is 4.04. The van der Waals surface area contributed by atoms with Crippen molar-refractivity contribution >= 4 is 51.9 Å². The molecule has 0 aliphatic heterocycles. The Hall–Kier alpha value is -1.69. The van der Waals surface area contributed by atoms with E-state index in [1.165, 1.54) is 11.8 Å². The molecule has 0 aliphatic carbocycles. The lowest BCUT2D eigenvalue weighted by molar-refractivity contribution is -0.119. The van der Waals surface area contributed by atoms with Crippen molar-refractivity contribution in [3.8, 4) is 0 Å². The molecule has 1 heterocycles. The molecule has 1 amide bonds. The van der Waals surface area contributed by atoms with Gasteiger partial charge in [-0.3, -0.25) is 4.79 Å². The standard InChI is InChI=1S/C17H15Cl2N3OS/c1-10(11-5-3-2-4-6-11)20-15(23)9-24-17-21-14-8-12(18)7-13(19)16(14)22-17/h2-8,10H,9H2,1H3,(H,20,23)(H,21,22)/t10-/m0/s1. The van der Waals surface area contributed by atoms with Gasteiger partial charge in [-0.15, -0.1) is 0 Å². The number of hydrogen-bond donors (Lipinski definition) is 2. The van der Waals surface area contributed by atoms with Crippen LogP contribution in [0.2, 0.25) is 10.0 Å². The number of benzene rings is 2. The highest BCUT2D eigenvalue weighted by molar-refractivity contribution is 7.99. The molecule has 0 saturated heterocycles. The number of fused-ring (bicyclic) bond motifs is 1. The molecule has 0 aliphatic rings. The number of amides is 1. The molecule has 0 saturated carbocycles. The van der Waals surface area contributed by atoms with Crippen LogP contribution in [0, 0.1) is 0 Å². The molecule has 3 aromatic rings. The Labute approximate surface area is 153 Å². The second-order valence-electron chi connectivity index (χ2n) is 5.31. The molecule has 4 nitrogen and oxygen atoms in total. The molecule has 2 aromatic carbocycles. The van der Waals surface area contributed by atoms with Gasteiger partial charge in [0.15, 0.2) is 5.16 Å². The number of carbonyl (C=O) groups is 1. The zero-order valence-corrected chi connectivity index (χ0v) is 15.2. The zero-order chi connectivity index (χ0) is 17.1. The SMILES string of the molecule is C[C@H](NC(=O)CSc1nc2c(Cl)cc(Cl)cc2[nH]1)c1ccccc1. The van der Waals surface area contributed by atoms with Crippen molar-refractivity contribution in [2.45, 2.75) is 18.1 Å². The molecule has 0 spiro atoms. The largest absolute Gasteiger partial charge is 0.349 e. The third-order valence-corrected chi connectivity index (χ3v) is 4.88. The second kappa shape index (κ2) is 7.47. The summed E-state index contributed by atoms with van der Waals surface area (Å²) in [5.74, 6) is 0.212. The van der Waals surface area contributed by atoms with E-state index in [2.05, 4.69) is 15.3 Å². The van der Waals surface area contributed by atoms with Crippen LogP contribution in [0.4, 0.5) is 0 Å². The van der Waals surface area contributed by atoms with E-state index >= 15 is 0 Å². The molecule has 0 bridgehead atoms. The minimum absolute atomic E-state index is 0.0387. The third-order valence-electron chi connectivity index (χ3n) is 3.50. The van der Waals surface area contributed by atoms with E-state index in [-0.39, 0.29) is 17.7 Å². The predicted octanol–water partition coefficient (Wildman–Crippen LogP) is 4.84. The lowest BCUT2D eigenvalue weighted by atomic mass is 10.1. The van der Waals surface area contributed by atoms with Gasteiger partial charge >= 0.3 is 0 Å². The van der Waals surface area contributed by atoms with Gasteiger partial charge in [0, 0.05) is 5.02 Å². The van der Waals surface area contributed by atoms with Crippen LogP contribution in [0.3, 0.4) is 0 Å². The van der Waals surface area contributed by atoms with Crippen molar-refractivity contribution in [1.82, 2.24) is 15.3 Å². The molecule has 124 valence electrons. The van der Waals surface area contributed by atoms with Crippen LogP contribution < -0.4 is 5.32 Å². The molecule has 0 fully saturated rings. The van der Waals surface area contributed by atoms with E-state index in [1.54, 1.807) is 12.1 Å². The number of rotatable bonds is 5. The lowest BCUT2D eigenvalue weighted by Gasteiger charge is -2.13. The first-order chi connectivity index (χ1) is 11.5. The van der Waals surface area contributed by atoms with Gasteiger partial charge < -0.3 is 10.3 Å². The molecular formula is C17H15Cl2N3OS. The number of carbonyl (C=O) groups excluding carboxylic acids is 1. The minimum atomic E-state index is -0.0547. The number of aromatic amines is 1. The van der Waals surface area contributed by atoms with E-state index in [1.807, 2.05) is 37.3 Å². The molecule has 7 heteroatoms. The van der Waals surface area contributed by atoms with Gasteiger partial charge in [-0.1, -0.05) is 65.3 Å². The van der Waals surface area contributed by atoms with Crippen LogP contribution in [0.5, 0.6) is 0 Å². The predicted molar refractivity (Wildman–Crippen MR) is 99.8 cm³/mol. The smallest absolute Gasteiger partial charge is 0.230 e. The molecule has 0 radical (unpaired) electrons. The number of halogens is 2. The highest BCUT2D eigenvalue weighted by atomic mass is 35.5. The normalized spacial score (nSPS) is 12.3. The Morgan fingerprint density at radius 3 is 2.79 bits per heavy atom. The summed E-state index contributed by atoms with van der Waals surface area (Å²) in [5.41, 5.74) is 2.48. The number of thioether (sulfide) groups is 1. The molecule has 3 rings (SSSR count). The summed E-state index contributed by atoms with van der Waals surface area (Å²) >= 11 is 13.4. The Bertz CT molecular complexity index is 867. The molecule has 1 atom stereocenters. The zero-order valence-electron chi connectivity index (χ0n) is 12.8. The maximum atomic E-state index is 12.1. The van der Waals surface area contributed by atoms with Crippen molar-refractivity contribution in [2.24, 2.45) is 0 Å². The number of nitrogens with zero attached hydrogens (tertiary/aromatic N) is 1. The lowest BCUT2D eigenvalue weighted by Crippen LogP contribution is -2.28. The van der Waals surface area contributed by atoms with Gasteiger partial charge in [0.25, 0.3) is 0 Å². The molecule has 2 N–H and O–H groups in total. The summed E-state index contributed by atoms with van der Waals surface area (Å²) in [7, 11) is 0. The van der Waals surface area contributed by atoms with Gasteiger partial charge in [0.2, 0.25) is 5.91 Å². The van der Waals surface area contributed by atoms with Crippen molar-refractivity contribution in [3.63, 3.8) is 0 Å². The van der Waals surface area contributed by atoms with Gasteiger partial charge in [0.05, 0.1) is 22.3 Å². The van der Waals surface area contributed by atoms with Gasteiger partial charge in [-0.25, -0.2) is 4.98 Å². The second-order valence-corrected chi connectivity index (χ2v) is 7.12. The first kappa shape index (κ1) is 17.1. The van der Waals surface area contributed by atoms with Gasteiger partial charge in [-0.2, -0.15) is 0 Å². The van der Waals surface area contributed by atoms with Crippen LogP contribution in [0.25, 0.3) is 11.0 Å². The summed E-state index contributed by atoms with van der Waals surface area (Å²) in [5, 5.41) is 4.64. The fourth-order valence-electron chi connectivity index (χ4n) is 2.33. The van der Waals surface area contributed by atoms with E-state index in [0.29, 0.717) is 20.7 Å². The average Bonchev–Trinajstić information content (AvgIpc) is 2.97. The minimum Gasteiger partial charge on any atom is -0.349 e. The van der Waals surface area contributed by atoms with Crippen LogP contribution in [0.1, 0.15) is 18.5 Å². The Balaban J connectivity index is 1.61. The number of imidazole rings is 1. The van der Waals surface area contributed by atoms with Crippen LogP contribution in [-0.4, -0.2) is 21.6 Å². The first-order valence-corrected chi connectivity index (χ1v) is 9.09. The van der Waals surface area contributed by atoms with Gasteiger partial charge in [-0.05, 0) is 24.6 Å². The topological polar surface area (TPSA) is 57.8 Å².